The topological polar surface area (TPSA) is 75.7 Å². The van der Waals surface area contributed by atoms with Gasteiger partial charge in [-0.2, -0.15) is 0 Å². The first-order chi connectivity index (χ1) is 16.8. The predicted octanol–water partition coefficient (Wildman–Crippen LogP) is 4.75. The summed E-state index contributed by atoms with van der Waals surface area (Å²) in [6.07, 6.45) is 1.18. The number of carbonyl (C=O) groups excluding carboxylic acids is 1. The molecule has 0 aliphatic rings. The number of amides is 1. The molecule has 0 radical (unpaired) electrons. The molecule has 35 heavy (non-hydrogen) atoms. The highest BCUT2D eigenvalue weighted by atomic mass is 32.2. The first-order valence-corrected chi connectivity index (χ1v) is 12.9. The minimum Gasteiger partial charge on any atom is -0.492 e. The number of anilines is 1. The minimum atomic E-state index is -3.53. The highest BCUT2D eigenvalue weighted by Gasteiger charge is 2.18. The molecule has 4 rings (SSSR count). The second-order valence-corrected chi connectivity index (χ2v) is 9.96. The van der Waals surface area contributed by atoms with Crippen molar-refractivity contribution in [2.24, 2.45) is 0 Å². The van der Waals surface area contributed by atoms with Crippen molar-refractivity contribution in [3.05, 3.63) is 108 Å². The van der Waals surface area contributed by atoms with Crippen molar-refractivity contribution < 1.29 is 22.3 Å². The van der Waals surface area contributed by atoms with E-state index in [2.05, 4.69) is 5.32 Å². The van der Waals surface area contributed by atoms with E-state index in [4.69, 9.17) is 4.74 Å². The number of benzene rings is 4. The lowest BCUT2D eigenvalue weighted by Gasteiger charge is -2.23. The first-order valence-electron chi connectivity index (χ1n) is 11.0. The van der Waals surface area contributed by atoms with E-state index in [0.717, 1.165) is 16.3 Å². The van der Waals surface area contributed by atoms with Crippen LogP contribution in [0.4, 0.5) is 10.1 Å². The molecule has 0 unspecified atom stereocenters. The fraction of sp³-hybridized carbons (Fsp3) is 0.148. The van der Waals surface area contributed by atoms with Crippen LogP contribution in [0.15, 0.2) is 91.0 Å². The van der Waals surface area contributed by atoms with Crippen LogP contribution in [0, 0.1) is 5.82 Å². The van der Waals surface area contributed by atoms with Crippen LogP contribution in [0.2, 0.25) is 0 Å². The Labute approximate surface area is 204 Å². The standard InChI is InChI=1S/C27H25FN2O4S/c1-35(32,33)30(25-13-10-21-4-2-3-5-23(21)18-25)19-20-6-8-22(9-7-20)27(31)29-16-17-34-26-14-11-24(28)12-15-26/h2-15,18H,16-17,19H2,1H3,(H,29,31). The van der Waals surface area contributed by atoms with E-state index in [1.165, 1.54) is 34.8 Å². The van der Waals surface area contributed by atoms with Gasteiger partial charge in [-0.1, -0.05) is 42.5 Å². The average molecular weight is 493 g/mol. The number of nitrogens with one attached hydrogen (secondary N) is 1. The molecular formula is C27H25FN2O4S. The molecular weight excluding hydrogens is 467 g/mol. The van der Waals surface area contributed by atoms with E-state index in [9.17, 15) is 17.6 Å². The predicted molar refractivity (Wildman–Crippen MR) is 136 cm³/mol. The van der Waals surface area contributed by atoms with Gasteiger partial charge in [0.05, 0.1) is 25.0 Å². The van der Waals surface area contributed by atoms with Crippen molar-refractivity contribution in [1.82, 2.24) is 5.32 Å². The quantitative estimate of drug-likeness (QED) is 0.342. The van der Waals surface area contributed by atoms with Crippen molar-refractivity contribution in [2.75, 3.05) is 23.7 Å². The molecule has 0 aliphatic carbocycles. The maximum absolute atomic E-state index is 12.9. The lowest BCUT2D eigenvalue weighted by molar-refractivity contribution is 0.0947. The van der Waals surface area contributed by atoms with Gasteiger partial charge in [0, 0.05) is 5.56 Å². The van der Waals surface area contributed by atoms with Crippen molar-refractivity contribution in [2.45, 2.75) is 6.54 Å². The van der Waals surface area contributed by atoms with Gasteiger partial charge in [0.1, 0.15) is 18.2 Å². The first kappa shape index (κ1) is 24.2. The molecule has 0 aromatic heterocycles. The molecule has 8 heteroatoms. The Balaban J connectivity index is 1.38. The molecule has 0 fully saturated rings. The third kappa shape index (κ3) is 6.36. The summed E-state index contributed by atoms with van der Waals surface area (Å²) in [5.41, 5.74) is 1.78. The molecule has 6 nitrogen and oxygen atoms in total. The average Bonchev–Trinajstić information content (AvgIpc) is 2.85. The fourth-order valence-electron chi connectivity index (χ4n) is 3.63. The summed E-state index contributed by atoms with van der Waals surface area (Å²) in [7, 11) is -3.53. The van der Waals surface area contributed by atoms with Crippen molar-refractivity contribution in [3.63, 3.8) is 0 Å². The van der Waals surface area contributed by atoms with E-state index in [1.807, 2.05) is 36.4 Å². The van der Waals surface area contributed by atoms with Crippen LogP contribution in [0.1, 0.15) is 15.9 Å². The summed E-state index contributed by atoms with van der Waals surface area (Å²) in [6.45, 7) is 0.664. The molecule has 4 aromatic rings. The zero-order valence-electron chi connectivity index (χ0n) is 19.1. The summed E-state index contributed by atoms with van der Waals surface area (Å²) in [5, 5.41) is 4.75. The number of hydrogen-bond donors (Lipinski definition) is 1. The van der Waals surface area contributed by atoms with E-state index < -0.39 is 10.0 Å². The number of hydrogen-bond acceptors (Lipinski definition) is 4. The Morgan fingerprint density at radius 1 is 0.914 bits per heavy atom. The Kier molecular flexibility index (Phi) is 7.31. The Hall–Kier alpha value is -3.91. The Morgan fingerprint density at radius 3 is 2.29 bits per heavy atom. The largest absolute Gasteiger partial charge is 0.492 e. The van der Waals surface area contributed by atoms with Crippen LogP contribution in [0.25, 0.3) is 10.8 Å². The molecule has 0 aliphatic heterocycles. The molecule has 4 aromatic carbocycles. The van der Waals surface area contributed by atoms with Gasteiger partial charge >= 0.3 is 0 Å². The third-order valence-corrected chi connectivity index (χ3v) is 6.57. The second kappa shape index (κ2) is 10.6. The smallest absolute Gasteiger partial charge is 0.251 e. The van der Waals surface area contributed by atoms with Gasteiger partial charge in [0.2, 0.25) is 10.0 Å². The molecule has 0 spiro atoms. The van der Waals surface area contributed by atoms with E-state index in [1.54, 1.807) is 30.3 Å². The summed E-state index contributed by atoms with van der Waals surface area (Å²) >= 11 is 0. The van der Waals surface area contributed by atoms with Gasteiger partial charge in [-0.05, 0) is 64.9 Å². The Bertz CT molecular complexity index is 1420. The lowest BCUT2D eigenvalue weighted by Crippen LogP contribution is -2.29. The van der Waals surface area contributed by atoms with Crippen LogP contribution in [-0.4, -0.2) is 33.7 Å². The highest BCUT2D eigenvalue weighted by molar-refractivity contribution is 7.92. The number of rotatable bonds is 9. The van der Waals surface area contributed by atoms with Gasteiger partial charge < -0.3 is 10.1 Å². The number of carbonyl (C=O) groups is 1. The number of halogens is 1. The maximum atomic E-state index is 12.9. The van der Waals surface area contributed by atoms with Crippen molar-refractivity contribution in [1.29, 1.82) is 0 Å². The van der Waals surface area contributed by atoms with Crippen LogP contribution in [-0.2, 0) is 16.6 Å². The summed E-state index contributed by atoms with van der Waals surface area (Å²) < 4.78 is 44.8. The lowest BCUT2D eigenvalue weighted by atomic mass is 10.1. The summed E-state index contributed by atoms with van der Waals surface area (Å²) in [5.74, 6) is -0.0911. The maximum Gasteiger partial charge on any atom is 0.251 e. The number of sulfonamides is 1. The summed E-state index contributed by atoms with van der Waals surface area (Å²) in [4.78, 5) is 12.4. The van der Waals surface area contributed by atoms with E-state index in [0.29, 0.717) is 17.0 Å². The highest BCUT2D eigenvalue weighted by Crippen LogP contribution is 2.25. The van der Waals surface area contributed by atoms with Crippen LogP contribution in [0.3, 0.4) is 0 Å². The van der Waals surface area contributed by atoms with Crippen molar-refractivity contribution >= 4 is 32.4 Å². The van der Waals surface area contributed by atoms with E-state index in [-0.39, 0.29) is 31.4 Å². The van der Waals surface area contributed by atoms with Gasteiger partial charge in [-0.3, -0.25) is 9.10 Å². The van der Waals surface area contributed by atoms with E-state index >= 15 is 0 Å². The molecule has 0 saturated carbocycles. The Morgan fingerprint density at radius 2 is 1.60 bits per heavy atom. The zero-order chi connectivity index (χ0) is 24.8. The van der Waals surface area contributed by atoms with Crippen molar-refractivity contribution in [3.8, 4) is 5.75 Å². The molecule has 0 atom stereocenters. The van der Waals surface area contributed by atoms with Crippen LogP contribution >= 0.6 is 0 Å². The van der Waals surface area contributed by atoms with Gasteiger partial charge in [0.25, 0.3) is 5.91 Å². The minimum absolute atomic E-state index is 0.143. The number of ether oxygens (including phenoxy) is 1. The molecule has 0 heterocycles. The number of fused-ring (bicyclic) bond motifs is 1. The van der Waals surface area contributed by atoms with Crippen LogP contribution < -0.4 is 14.4 Å². The number of nitrogens with zero attached hydrogens (tertiary/aromatic N) is 1. The molecule has 0 bridgehead atoms. The molecule has 1 amide bonds. The van der Waals surface area contributed by atoms with Gasteiger partial charge in [-0.15, -0.1) is 0 Å². The molecule has 180 valence electrons. The molecule has 1 N–H and O–H groups in total. The summed E-state index contributed by atoms with van der Waals surface area (Å²) in [6, 6.07) is 25.8. The van der Waals surface area contributed by atoms with Gasteiger partial charge in [0.15, 0.2) is 0 Å². The third-order valence-electron chi connectivity index (χ3n) is 5.43. The SMILES string of the molecule is CS(=O)(=O)N(Cc1ccc(C(=O)NCCOc2ccc(F)cc2)cc1)c1ccc2ccccc2c1. The molecule has 0 saturated heterocycles. The second-order valence-electron chi connectivity index (χ2n) is 8.06. The van der Waals surface area contributed by atoms with Crippen LogP contribution in [0.5, 0.6) is 5.75 Å². The normalized spacial score (nSPS) is 11.3. The zero-order valence-corrected chi connectivity index (χ0v) is 20.0. The monoisotopic (exact) mass is 492 g/mol. The van der Waals surface area contributed by atoms with Gasteiger partial charge in [-0.25, -0.2) is 12.8 Å². The fourth-order valence-corrected chi connectivity index (χ4v) is 4.51.